The Labute approximate surface area is 367 Å². The Morgan fingerprint density at radius 2 is 1.11 bits per heavy atom. The highest BCUT2D eigenvalue weighted by Gasteiger charge is 2.46. The van der Waals surface area contributed by atoms with Crippen molar-refractivity contribution in [2.75, 3.05) is 31.4 Å². The second-order valence-electron chi connectivity index (χ2n) is 14.6. The van der Waals surface area contributed by atoms with Crippen LogP contribution in [-0.4, -0.2) is 54.2 Å². The number of fused-ring (bicyclic) bond motifs is 2. The fourth-order valence-electron chi connectivity index (χ4n) is 8.23. The third kappa shape index (κ3) is 8.49. The van der Waals surface area contributed by atoms with Crippen LogP contribution < -0.4 is 20.1 Å². The lowest BCUT2D eigenvalue weighted by Crippen LogP contribution is -2.45. The van der Waals surface area contributed by atoms with Crippen LogP contribution in [0.3, 0.4) is 0 Å². The van der Waals surface area contributed by atoms with Gasteiger partial charge in [-0.1, -0.05) is 60.7 Å². The summed E-state index contributed by atoms with van der Waals surface area (Å²) >= 11 is 3.10. The Morgan fingerprint density at radius 1 is 0.613 bits per heavy atom. The Balaban J connectivity index is 0.000000172. The maximum absolute atomic E-state index is 13.8. The summed E-state index contributed by atoms with van der Waals surface area (Å²) in [7, 11) is 3.18. The van der Waals surface area contributed by atoms with Crippen LogP contribution >= 0.6 is 22.7 Å². The van der Waals surface area contributed by atoms with Gasteiger partial charge in [0.2, 0.25) is 11.8 Å². The molecule has 0 fully saturated rings. The summed E-state index contributed by atoms with van der Waals surface area (Å²) in [5, 5.41) is 10.0. The van der Waals surface area contributed by atoms with E-state index in [1.165, 1.54) is 11.3 Å². The number of benzene rings is 4. The summed E-state index contributed by atoms with van der Waals surface area (Å²) in [4.78, 5) is 59.5. The molecule has 4 atom stereocenters. The van der Waals surface area contributed by atoms with Crippen LogP contribution in [0.15, 0.2) is 155 Å². The number of likely N-dealkylation sites (N-methyl/N-ethyl adjacent to an activating group) is 1. The van der Waals surface area contributed by atoms with E-state index in [2.05, 4.69) is 10.6 Å². The molecule has 9 rings (SSSR count). The van der Waals surface area contributed by atoms with Crippen molar-refractivity contribution in [3.05, 3.63) is 188 Å². The summed E-state index contributed by atoms with van der Waals surface area (Å²) in [6.07, 6.45) is 1.59. The van der Waals surface area contributed by atoms with Crippen molar-refractivity contribution in [2.24, 2.45) is 0 Å². The molecule has 13 heteroatoms. The van der Waals surface area contributed by atoms with Gasteiger partial charge in [0.15, 0.2) is 0 Å². The van der Waals surface area contributed by atoms with Gasteiger partial charge in [-0.2, -0.15) is 0 Å². The number of hydrogen-bond acceptors (Lipinski definition) is 9. The van der Waals surface area contributed by atoms with Gasteiger partial charge in [0.1, 0.15) is 17.3 Å². The van der Waals surface area contributed by atoms with E-state index < -0.39 is 17.9 Å². The molecular formula is C49H44N4O7S2. The van der Waals surface area contributed by atoms with Crippen LogP contribution in [0.4, 0.5) is 11.4 Å². The summed E-state index contributed by atoms with van der Waals surface area (Å²) in [5.41, 5.74) is 3.90. The van der Waals surface area contributed by atoms with Gasteiger partial charge in [-0.15, -0.1) is 22.7 Å². The number of ether oxygens (including phenoxy) is 2. The monoisotopic (exact) mass is 864 g/mol. The Hall–Kier alpha value is -6.96. The average molecular weight is 865 g/mol. The number of thiophene rings is 2. The molecule has 314 valence electrons. The van der Waals surface area contributed by atoms with E-state index in [9.17, 15) is 19.2 Å². The topological polar surface area (TPSA) is 130 Å². The highest BCUT2D eigenvalue weighted by molar-refractivity contribution is 7.10. The highest BCUT2D eigenvalue weighted by Crippen LogP contribution is 2.46. The van der Waals surface area contributed by atoms with Crippen LogP contribution in [0.1, 0.15) is 78.2 Å². The lowest BCUT2D eigenvalue weighted by atomic mass is 9.81. The third-order valence-corrected chi connectivity index (χ3v) is 12.9. The molecule has 0 radical (unpaired) electrons. The smallest absolute Gasteiger partial charge is 0.255 e. The second kappa shape index (κ2) is 18.8. The van der Waals surface area contributed by atoms with Crippen molar-refractivity contribution in [3.8, 4) is 11.5 Å². The van der Waals surface area contributed by atoms with Gasteiger partial charge < -0.3 is 34.3 Å². The molecule has 2 N–H and O–H groups in total. The van der Waals surface area contributed by atoms with Crippen molar-refractivity contribution in [1.29, 1.82) is 0 Å². The van der Waals surface area contributed by atoms with E-state index in [1.54, 1.807) is 72.0 Å². The van der Waals surface area contributed by atoms with Crippen LogP contribution in [0.2, 0.25) is 0 Å². The summed E-state index contributed by atoms with van der Waals surface area (Å²) in [6.45, 7) is 2.74. The van der Waals surface area contributed by atoms with Gasteiger partial charge in [-0.3, -0.25) is 19.2 Å². The highest BCUT2D eigenvalue weighted by atomic mass is 32.1. The van der Waals surface area contributed by atoms with E-state index >= 15 is 0 Å². The number of furan rings is 1. The van der Waals surface area contributed by atoms with Crippen LogP contribution in [0.5, 0.6) is 11.5 Å². The van der Waals surface area contributed by atoms with Crippen molar-refractivity contribution in [2.45, 2.75) is 37.4 Å². The standard InChI is InChI=1S/C26H22N2O4S.C23H22N2O3S/c1-31-18-8-4-7-17(15-18)27-25(29)23-20-10-2-3-11-21(20)26(30)28(16-19-9-5-13-32-19)24(23)22-12-6-14-33-22;1-3-25-21(19-12-7-13-29-19)20(17-10-4-5-11-18(17)23(25)27)22(26)24-15-8-6-9-16(14-15)28-2/h2-15,23-24H,16H2,1H3,(H,27,29);4-14,20-21H,3H2,1-2H3,(H,24,26). The maximum Gasteiger partial charge on any atom is 0.255 e. The summed E-state index contributed by atoms with van der Waals surface area (Å²) < 4.78 is 16.1. The molecule has 0 spiro atoms. The molecule has 4 amide bonds. The molecule has 4 aromatic carbocycles. The first kappa shape index (κ1) is 41.8. The van der Waals surface area contributed by atoms with Gasteiger partial charge in [0, 0.05) is 50.9 Å². The lowest BCUT2D eigenvalue weighted by Gasteiger charge is -2.40. The third-order valence-electron chi connectivity index (χ3n) is 11.0. The number of nitrogens with one attached hydrogen (secondary N) is 2. The molecule has 0 saturated carbocycles. The first-order valence-corrected chi connectivity index (χ1v) is 21.8. The minimum Gasteiger partial charge on any atom is -0.497 e. The van der Waals surface area contributed by atoms with Gasteiger partial charge >= 0.3 is 0 Å². The van der Waals surface area contributed by atoms with E-state index in [-0.39, 0.29) is 36.2 Å². The zero-order chi connectivity index (χ0) is 43.2. The predicted molar refractivity (Wildman–Crippen MR) is 241 cm³/mol. The minimum absolute atomic E-state index is 0.0352. The second-order valence-corrected chi connectivity index (χ2v) is 16.6. The molecule has 2 aliphatic heterocycles. The molecule has 62 heavy (non-hydrogen) atoms. The molecule has 3 aromatic heterocycles. The molecule has 5 heterocycles. The molecule has 7 aromatic rings. The SMILES string of the molecule is CCN1C(=O)c2ccccc2C(C(=O)Nc2cccc(OC)c2)C1c1cccs1.COc1cccc(NC(=O)C2c3ccccc3C(=O)N(Cc3ccco3)C2c2cccs2)c1. The number of amides is 4. The van der Waals surface area contributed by atoms with Crippen molar-refractivity contribution in [1.82, 2.24) is 9.80 Å². The number of nitrogens with zero attached hydrogens (tertiary/aromatic N) is 2. The van der Waals surface area contributed by atoms with E-state index in [0.29, 0.717) is 46.3 Å². The number of rotatable bonds is 11. The Morgan fingerprint density at radius 3 is 1.56 bits per heavy atom. The Kier molecular flexibility index (Phi) is 12.6. The number of anilines is 2. The number of carbonyl (C=O) groups excluding carboxylic acids is 4. The van der Waals surface area contributed by atoms with Gasteiger partial charge in [-0.05, 0) is 89.5 Å². The normalized spacial score (nSPS) is 17.9. The van der Waals surface area contributed by atoms with E-state index in [1.807, 2.05) is 121 Å². The zero-order valence-corrected chi connectivity index (χ0v) is 35.9. The average Bonchev–Trinajstić information content (AvgIpc) is 4.14. The molecule has 4 unspecified atom stereocenters. The number of methoxy groups -OCH3 is 2. The molecule has 0 aliphatic carbocycles. The first-order chi connectivity index (χ1) is 30.3. The number of hydrogen-bond donors (Lipinski definition) is 2. The van der Waals surface area contributed by atoms with Crippen LogP contribution in [0.25, 0.3) is 0 Å². The summed E-state index contributed by atoms with van der Waals surface area (Å²) in [6, 6.07) is 40.0. The van der Waals surface area contributed by atoms with Crippen molar-refractivity contribution in [3.63, 3.8) is 0 Å². The van der Waals surface area contributed by atoms with Crippen molar-refractivity contribution >= 4 is 57.7 Å². The maximum atomic E-state index is 13.8. The van der Waals surface area contributed by atoms with Gasteiger partial charge in [0.25, 0.3) is 11.8 Å². The predicted octanol–water partition coefficient (Wildman–Crippen LogP) is 10.2. The first-order valence-electron chi connectivity index (χ1n) is 20.1. The van der Waals surface area contributed by atoms with Gasteiger partial charge in [0.05, 0.1) is 50.9 Å². The van der Waals surface area contributed by atoms with E-state index in [0.717, 1.165) is 20.9 Å². The molecule has 0 bridgehead atoms. The summed E-state index contributed by atoms with van der Waals surface area (Å²) in [5.74, 6) is 0.399. The lowest BCUT2D eigenvalue weighted by molar-refractivity contribution is -0.120. The largest absolute Gasteiger partial charge is 0.497 e. The fourth-order valence-corrected chi connectivity index (χ4v) is 9.98. The van der Waals surface area contributed by atoms with Crippen LogP contribution in [0, 0.1) is 0 Å². The van der Waals surface area contributed by atoms with Crippen molar-refractivity contribution < 1.29 is 33.1 Å². The molecule has 11 nitrogen and oxygen atoms in total. The minimum atomic E-state index is -0.598. The molecular weight excluding hydrogens is 821 g/mol. The fraction of sp³-hybridized carbons (Fsp3) is 0.184. The molecule has 0 saturated heterocycles. The van der Waals surface area contributed by atoms with E-state index in [4.69, 9.17) is 13.9 Å². The Bertz CT molecular complexity index is 2660. The van der Waals surface area contributed by atoms with Gasteiger partial charge in [-0.25, -0.2) is 0 Å². The molecule has 2 aliphatic rings. The zero-order valence-electron chi connectivity index (χ0n) is 34.2. The number of carbonyl (C=O) groups is 4. The van der Waals surface area contributed by atoms with Crippen LogP contribution in [-0.2, 0) is 16.1 Å². The quantitative estimate of drug-likeness (QED) is 0.132.